The molecule has 5 rings (SSSR count). The van der Waals surface area contributed by atoms with Crippen LogP contribution < -0.4 is 10.1 Å². The number of amides is 2. The van der Waals surface area contributed by atoms with Crippen LogP contribution in [0.3, 0.4) is 0 Å². The standard InChI is InChI=1S/C25H24F5N5O3/c26-15-11-19(21(36)33-20-6-5-17-18(32-20)12-31-34-17)35(13-15)22(37)24(7-9-25(29,30)10-8-24)14-1-3-16(4-2-14)38-23(27)28/h1-6,12,15,19,23H,7-11,13H2,(H,31,34)(H,32,33,36). The molecular formula is C25H24F5N5O3. The minimum atomic E-state index is -3.06. The van der Waals surface area contributed by atoms with Crippen molar-refractivity contribution < 1.29 is 36.3 Å². The number of pyridine rings is 1. The summed E-state index contributed by atoms with van der Waals surface area (Å²) >= 11 is 0. The summed E-state index contributed by atoms with van der Waals surface area (Å²) in [6, 6.07) is 7.20. The molecule has 1 saturated carbocycles. The molecular weight excluding hydrogens is 513 g/mol. The summed E-state index contributed by atoms with van der Waals surface area (Å²) in [5, 5.41) is 9.20. The molecule has 202 valence electrons. The maximum Gasteiger partial charge on any atom is 0.387 e. The lowest BCUT2D eigenvalue weighted by Crippen LogP contribution is -2.54. The molecule has 1 aromatic carbocycles. The molecule has 1 aliphatic carbocycles. The molecule has 0 radical (unpaired) electrons. The zero-order valence-corrected chi connectivity index (χ0v) is 20.0. The second-order valence-electron chi connectivity index (χ2n) is 9.64. The Morgan fingerprint density at radius 3 is 2.47 bits per heavy atom. The first-order valence-corrected chi connectivity index (χ1v) is 12.1. The highest BCUT2D eigenvalue weighted by Crippen LogP contribution is 2.47. The number of aromatic amines is 1. The van der Waals surface area contributed by atoms with E-state index < -0.39 is 54.8 Å². The predicted molar refractivity (Wildman–Crippen MR) is 126 cm³/mol. The Balaban J connectivity index is 1.42. The highest BCUT2D eigenvalue weighted by molar-refractivity contribution is 5.99. The number of hydrogen-bond donors (Lipinski definition) is 2. The van der Waals surface area contributed by atoms with E-state index in [2.05, 4.69) is 25.2 Å². The Morgan fingerprint density at radius 2 is 1.79 bits per heavy atom. The van der Waals surface area contributed by atoms with Gasteiger partial charge < -0.3 is 15.0 Å². The first-order valence-electron chi connectivity index (χ1n) is 12.1. The fraction of sp³-hybridized carbons (Fsp3) is 0.440. The van der Waals surface area contributed by atoms with Gasteiger partial charge in [-0.05, 0) is 42.7 Å². The number of carbonyl (C=O) groups is 2. The van der Waals surface area contributed by atoms with Gasteiger partial charge in [-0.2, -0.15) is 13.9 Å². The molecule has 2 aromatic heterocycles. The number of aromatic nitrogens is 3. The molecule has 13 heteroatoms. The van der Waals surface area contributed by atoms with Gasteiger partial charge in [-0.15, -0.1) is 0 Å². The van der Waals surface area contributed by atoms with Crippen LogP contribution in [-0.4, -0.2) is 63.2 Å². The Labute approximate surface area is 213 Å². The van der Waals surface area contributed by atoms with Gasteiger partial charge in [0.25, 0.3) is 0 Å². The van der Waals surface area contributed by atoms with Crippen LogP contribution in [0.2, 0.25) is 0 Å². The summed E-state index contributed by atoms with van der Waals surface area (Å²) in [4.78, 5) is 32.5. The molecule has 3 aromatic rings. The number of ether oxygens (including phenoxy) is 1. The van der Waals surface area contributed by atoms with Gasteiger partial charge in [-0.1, -0.05) is 12.1 Å². The number of rotatable bonds is 6. The quantitative estimate of drug-likeness (QED) is 0.449. The van der Waals surface area contributed by atoms with Crippen molar-refractivity contribution in [2.75, 3.05) is 11.9 Å². The Hall–Kier alpha value is -3.77. The average molecular weight is 537 g/mol. The van der Waals surface area contributed by atoms with Crippen molar-refractivity contribution in [1.82, 2.24) is 20.1 Å². The molecule has 8 nitrogen and oxygen atoms in total. The van der Waals surface area contributed by atoms with Gasteiger partial charge in [0, 0.05) is 19.3 Å². The number of benzene rings is 1. The smallest absolute Gasteiger partial charge is 0.387 e. The molecule has 3 heterocycles. The Bertz CT molecular complexity index is 1320. The molecule has 38 heavy (non-hydrogen) atoms. The third kappa shape index (κ3) is 5.01. The monoisotopic (exact) mass is 537 g/mol. The number of nitrogens with zero attached hydrogens (tertiary/aromatic N) is 3. The first-order chi connectivity index (χ1) is 18.1. The van der Waals surface area contributed by atoms with Crippen LogP contribution >= 0.6 is 0 Å². The first kappa shape index (κ1) is 25.9. The van der Waals surface area contributed by atoms with Gasteiger partial charge in [-0.25, -0.2) is 18.2 Å². The molecule has 2 amide bonds. The van der Waals surface area contributed by atoms with Crippen molar-refractivity contribution in [1.29, 1.82) is 0 Å². The van der Waals surface area contributed by atoms with Crippen LogP contribution in [0.5, 0.6) is 5.75 Å². The van der Waals surface area contributed by atoms with E-state index in [4.69, 9.17) is 0 Å². The SMILES string of the molecule is O=C(Nc1ccc2[nH]ncc2n1)C1CC(F)CN1C(=O)C1(c2ccc(OC(F)F)cc2)CCC(F)(F)CC1. The van der Waals surface area contributed by atoms with E-state index in [0.717, 1.165) is 4.90 Å². The molecule has 0 spiro atoms. The number of halogens is 5. The van der Waals surface area contributed by atoms with Crippen LogP contribution in [0.1, 0.15) is 37.7 Å². The van der Waals surface area contributed by atoms with Crippen LogP contribution in [0.4, 0.5) is 27.8 Å². The number of H-pyrrole nitrogens is 1. The summed E-state index contributed by atoms with van der Waals surface area (Å²) in [7, 11) is 0. The van der Waals surface area contributed by atoms with Gasteiger partial charge in [0.2, 0.25) is 17.7 Å². The largest absolute Gasteiger partial charge is 0.435 e. The van der Waals surface area contributed by atoms with E-state index in [9.17, 15) is 31.5 Å². The van der Waals surface area contributed by atoms with Crippen molar-refractivity contribution in [3.63, 3.8) is 0 Å². The van der Waals surface area contributed by atoms with Crippen LogP contribution in [0.15, 0.2) is 42.6 Å². The van der Waals surface area contributed by atoms with E-state index in [0.29, 0.717) is 16.6 Å². The lowest BCUT2D eigenvalue weighted by Gasteiger charge is -2.42. The van der Waals surface area contributed by atoms with E-state index in [1.807, 2.05) is 0 Å². The minimum Gasteiger partial charge on any atom is -0.435 e. The summed E-state index contributed by atoms with van der Waals surface area (Å²) in [6.07, 6.45) is -1.99. The second-order valence-corrected chi connectivity index (χ2v) is 9.64. The van der Waals surface area contributed by atoms with Crippen molar-refractivity contribution in [2.45, 2.75) is 62.3 Å². The van der Waals surface area contributed by atoms with Crippen molar-refractivity contribution in [3.05, 3.63) is 48.2 Å². The molecule has 2 atom stereocenters. The van der Waals surface area contributed by atoms with E-state index in [1.165, 1.54) is 36.5 Å². The Morgan fingerprint density at radius 1 is 1.08 bits per heavy atom. The zero-order valence-electron chi connectivity index (χ0n) is 20.0. The van der Waals surface area contributed by atoms with Crippen LogP contribution in [-0.2, 0) is 15.0 Å². The number of carbonyl (C=O) groups excluding carboxylic acids is 2. The highest BCUT2D eigenvalue weighted by Gasteiger charge is 2.53. The van der Waals surface area contributed by atoms with Gasteiger partial charge >= 0.3 is 6.61 Å². The summed E-state index contributed by atoms with van der Waals surface area (Å²) in [5.74, 6) is -4.28. The maximum absolute atomic E-state index is 14.6. The molecule has 1 saturated heterocycles. The fourth-order valence-corrected chi connectivity index (χ4v) is 5.27. The topological polar surface area (TPSA) is 100 Å². The van der Waals surface area contributed by atoms with Gasteiger partial charge in [0.05, 0.1) is 23.7 Å². The minimum absolute atomic E-state index is 0.156. The number of alkyl halides is 5. The third-order valence-corrected chi connectivity index (χ3v) is 7.24. The van der Waals surface area contributed by atoms with Crippen molar-refractivity contribution in [2.24, 2.45) is 0 Å². The molecule has 2 N–H and O–H groups in total. The summed E-state index contributed by atoms with van der Waals surface area (Å²) in [6.45, 7) is -3.44. The predicted octanol–water partition coefficient (Wildman–Crippen LogP) is 4.58. The lowest BCUT2D eigenvalue weighted by molar-refractivity contribution is -0.146. The fourth-order valence-electron chi connectivity index (χ4n) is 5.27. The van der Waals surface area contributed by atoms with E-state index in [1.54, 1.807) is 6.07 Å². The molecule has 0 bridgehead atoms. The summed E-state index contributed by atoms with van der Waals surface area (Å²) in [5.41, 5.74) is -0.0350. The van der Waals surface area contributed by atoms with E-state index >= 15 is 0 Å². The number of likely N-dealkylation sites (tertiary alicyclic amines) is 1. The van der Waals surface area contributed by atoms with E-state index in [-0.39, 0.29) is 37.4 Å². The van der Waals surface area contributed by atoms with Crippen molar-refractivity contribution in [3.8, 4) is 5.75 Å². The third-order valence-electron chi connectivity index (χ3n) is 7.24. The van der Waals surface area contributed by atoms with Crippen LogP contribution in [0.25, 0.3) is 11.0 Å². The normalized spacial score (nSPS) is 22.5. The van der Waals surface area contributed by atoms with Crippen LogP contribution in [0, 0.1) is 0 Å². The Kier molecular flexibility index (Phi) is 6.70. The molecule has 2 aliphatic rings. The number of hydrogen-bond acceptors (Lipinski definition) is 5. The van der Waals surface area contributed by atoms with Gasteiger partial charge in [-0.3, -0.25) is 14.7 Å². The van der Waals surface area contributed by atoms with Gasteiger partial charge in [0.15, 0.2) is 0 Å². The maximum atomic E-state index is 14.6. The highest BCUT2D eigenvalue weighted by atomic mass is 19.3. The van der Waals surface area contributed by atoms with Crippen molar-refractivity contribution >= 4 is 28.7 Å². The number of fused-ring (bicyclic) bond motifs is 1. The molecule has 2 unspecified atom stereocenters. The number of nitrogens with one attached hydrogen (secondary N) is 2. The summed E-state index contributed by atoms with van der Waals surface area (Å²) < 4.78 is 72.5. The lowest BCUT2D eigenvalue weighted by atomic mass is 9.67. The van der Waals surface area contributed by atoms with Gasteiger partial charge in [0.1, 0.15) is 29.3 Å². The second kappa shape index (κ2) is 9.84. The zero-order chi connectivity index (χ0) is 27.1. The average Bonchev–Trinajstić information content (AvgIpc) is 3.50. The molecule has 2 fully saturated rings. The molecule has 1 aliphatic heterocycles. The number of anilines is 1.